The van der Waals surface area contributed by atoms with Crippen LogP contribution >= 0.6 is 0 Å². The normalized spacial score (nSPS) is 27.5. The maximum absolute atomic E-state index is 12.5. The molecule has 1 amide bonds. The zero-order chi connectivity index (χ0) is 22.4. The molecule has 4 rings (SSSR count). The second-order valence-corrected chi connectivity index (χ2v) is 10.3. The molecule has 1 N–H and O–H groups in total. The molecule has 170 valence electrons. The van der Waals surface area contributed by atoms with Gasteiger partial charge in [-0.3, -0.25) is 0 Å². The van der Waals surface area contributed by atoms with Crippen molar-refractivity contribution in [2.75, 3.05) is 19.7 Å². The highest BCUT2D eigenvalue weighted by molar-refractivity contribution is 5.81. The number of nitrogens with zero attached hydrogens (tertiary/aromatic N) is 3. The van der Waals surface area contributed by atoms with Gasteiger partial charge in [0.15, 0.2) is 6.23 Å². The summed E-state index contributed by atoms with van der Waals surface area (Å²) in [5.74, 6) is -0.0776. The van der Waals surface area contributed by atoms with Crippen molar-refractivity contribution in [3.63, 3.8) is 0 Å². The molecule has 0 spiro atoms. The van der Waals surface area contributed by atoms with Crippen molar-refractivity contribution in [2.45, 2.75) is 83.6 Å². The van der Waals surface area contributed by atoms with Gasteiger partial charge in [0, 0.05) is 24.5 Å². The Kier molecular flexibility index (Phi) is 5.77. The van der Waals surface area contributed by atoms with Crippen LogP contribution in [0, 0.1) is 6.92 Å². The lowest BCUT2D eigenvalue weighted by Gasteiger charge is -2.43. The molecule has 3 unspecified atom stereocenters. The Morgan fingerprint density at radius 1 is 1.29 bits per heavy atom. The Labute approximate surface area is 184 Å². The fraction of sp³-hybridized carbons (Fsp3) is 0.667. The number of hydrogen-bond acceptors (Lipinski definition) is 5. The fourth-order valence-electron chi connectivity index (χ4n) is 4.89. The SMILES string of the molecule is Cc1cc2cnn(C3CCCCO3)c2cc1C1CCN(C(=O)OC(C)(C)C)CC1(C)O. The number of aryl methyl sites for hydroxylation is 1. The highest BCUT2D eigenvalue weighted by Gasteiger charge is 2.42. The van der Waals surface area contributed by atoms with Gasteiger partial charge in [-0.2, -0.15) is 5.10 Å². The molecule has 2 aromatic rings. The first kappa shape index (κ1) is 22.1. The van der Waals surface area contributed by atoms with Gasteiger partial charge < -0.3 is 19.5 Å². The Bertz CT molecular complexity index is 954. The summed E-state index contributed by atoms with van der Waals surface area (Å²) in [6, 6.07) is 4.31. The number of rotatable bonds is 2. The smallest absolute Gasteiger partial charge is 0.410 e. The monoisotopic (exact) mass is 429 g/mol. The zero-order valence-corrected chi connectivity index (χ0v) is 19.4. The van der Waals surface area contributed by atoms with E-state index >= 15 is 0 Å². The summed E-state index contributed by atoms with van der Waals surface area (Å²) in [5, 5.41) is 17.1. The van der Waals surface area contributed by atoms with E-state index in [4.69, 9.17) is 9.47 Å². The number of aliphatic hydroxyl groups is 1. The van der Waals surface area contributed by atoms with E-state index in [-0.39, 0.29) is 24.8 Å². The number of ether oxygens (including phenoxy) is 2. The molecule has 2 aliphatic rings. The van der Waals surface area contributed by atoms with E-state index in [0.29, 0.717) is 13.0 Å². The highest BCUT2D eigenvalue weighted by atomic mass is 16.6. The third kappa shape index (κ3) is 4.58. The second kappa shape index (κ2) is 8.10. The summed E-state index contributed by atoms with van der Waals surface area (Å²) in [5.41, 5.74) is 1.67. The maximum Gasteiger partial charge on any atom is 0.410 e. The number of fused-ring (bicyclic) bond motifs is 1. The number of carbonyl (C=O) groups excluding carboxylic acids is 1. The number of likely N-dealkylation sites (tertiary alicyclic amines) is 1. The van der Waals surface area contributed by atoms with E-state index < -0.39 is 11.2 Å². The van der Waals surface area contributed by atoms with Gasteiger partial charge in [0.1, 0.15) is 5.60 Å². The lowest BCUT2D eigenvalue weighted by molar-refractivity contribution is -0.0460. The molecule has 3 heterocycles. The molecule has 2 fully saturated rings. The van der Waals surface area contributed by atoms with E-state index in [0.717, 1.165) is 47.9 Å². The molecule has 0 saturated carbocycles. The van der Waals surface area contributed by atoms with Gasteiger partial charge in [-0.1, -0.05) is 0 Å². The molecule has 2 saturated heterocycles. The Hall–Kier alpha value is -2.12. The van der Waals surface area contributed by atoms with Gasteiger partial charge in [0.25, 0.3) is 0 Å². The first-order valence-corrected chi connectivity index (χ1v) is 11.3. The van der Waals surface area contributed by atoms with Crippen molar-refractivity contribution in [3.8, 4) is 0 Å². The molecule has 31 heavy (non-hydrogen) atoms. The predicted octanol–water partition coefficient (Wildman–Crippen LogP) is 4.52. The van der Waals surface area contributed by atoms with Gasteiger partial charge in [0.2, 0.25) is 0 Å². The molecular formula is C24H35N3O4. The average Bonchev–Trinajstić information content (AvgIpc) is 3.09. The van der Waals surface area contributed by atoms with Crippen molar-refractivity contribution in [2.24, 2.45) is 0 Å². The number of benzene rings is 1. The molecule has 7 nitrogen and oxygen atoms in total. The van der Waals surface area contributed by atoms with Crippen LogP contribution in [0.2, 0.25) is 0 Å². The minimum Gasteiger partial charge on any atom is -0.444 e. The number of piperidine rings is 1. The standard InChI is InChI=1S/C24H35N3O4/c1-16-12-17-14-25-27(21-8-6-7-11-30-21)20(17)13-18(16)19-9-10-26(15-24(19,5)29)22(28)31-23(2,3)4/h12-14,19,21,29H,6-11,15H2,1-5H3. The molecule has 7 heteroatoms. The van der Waals surface area contributed by atoms with Crippen LogP contribution in [-0.2, 0) is 9.47 Å². The number of β-amino-alcohol motifs (C(OH)–C–C–N with tert-alkyl or cyclic N) is 1. The molecule has 0 radical (unpaired) electrons. The van der Waals surface area contributed by atoms with Gasteiger partial charge in [-0.05, 0) is 83.6 Å². The number of aromatic nitrogens is 2. The predicted molar refractivity (Wildman–Crippen MR) is 119 cm³/mol. The topological polar surface area (TPSA) is 76.8 Å². The second-order valence-electron chi connectivity index (χ2n) is 10.3. The van der Waals surface area contributed by atoms with Gasteiger partial charge in [-0.15, -0.1) is 0 Å². The van der Waals surface area contributed by atoms with Crippen LogP contribution in [0.25, 0.3) is 10.9 Å². The number of amides is 1. The third-order valence-corrected chi connectivity index (χ3v) is 6.39. The van der Waals surface area contributed by atoms with Gasteiger partial charge in [-0.25, -0.2) is 9.48 Å². The maximum atomic E-state index is 12.5. The molecule has 0 aliphatic carbocycles. The molecule has 1 aromatic carbocycles. The van der Waals surface area contributed by atoms with Crippen LogP contribution in [-0.4, -0.2) is 56.8 Å². The summed E-state index contributed by atoms with van der Waals surface area (Å²) in [6.07, 6.45) is 5.37. The Balaban J connectivity index is 1.61. The summed E-state index contributed by atoms with van der Waals surface area (Å²) in [6.45, 7) is 11.0. The third-order valence-electron chi connectivity index (χ3n) is 6.39. The fourth-order valence-corrected chi connectivity index (χ4v) is 4.89. The minimum absolute atomic E-state index is 0.0312. The van der Waals surface area contributed by atoms with Gasteiger partial charge >= 0.3 is 6.09 Å². The van der Waals surface area contributed by atoms with E-state index in [1.54, 1.807) is 4.90 Å². The Morgan fingerprint density at radius 3 is 2.71 bits per heavy atom. The van der Waals surface area contributed by atoms with E-state index in [9.17, 15) is 9.90 Å². The Morgan fingerprint density at radius 2 is 2.06 bits per heavy atom. The quantitative estimate of drug-likeness (QED) is 0.760. The van der Waals surface area contributed by atoms with Crippen molar-refractivity contribution in [1.82, 2.24) is 14.7 Å². The van der Waals surface area contributed by atoms with Crippen LogP contribution in [0.4, 0.5) is 4.79 Å². The van der Waals surface area contributed by atoms with E-state index in [2.05, 4.69) is 24.2 Å². The minimum atomic E-state index is -1.06. The zero-order valence-electron chi connectivity index (χ0n) is 19.4. The summed E-state index contributed by atoms with van der Waals surface area (Å²) in [4.78, 5) is 14.2. The summed E-state index contributed by atoms with van der Waals surface area (Å²) < 4.78 is 13.5. The van der Waals surface area contributed by atoms with Crippen LogP contribution in [0.5, 0.6) is 0 Å². The largest absolute Gasteiger partial charge is 0.444 e. The van der Waals surface area contributed by atoms with E-state index in [1.165, 1.54) is 0 Å². The van der Waals surface area contributed by atoms with Crippen LogP contribution in [0.1, 0.15) is 76.7 Å². The first-order valence-electron chi connectivity index (χ1n) is 11.3. The van der Waals surface area contributed by atoms with E-state index in [1.807, 2.05) is 38.6 Å². The molecular weight excluding hydrogens is 394 g/mol. The van der Waals surface area contributed by atoms with Crippen molar-refractivity contribution < 1.29 is 19.4 Å². The lowest BCUT2D eigenvalue weighted by atomic mass is 9.76. The first-order chi connectivity index (χ1) is 14.5. The molecule has 1 aromatic heterocycles. The average molecular weight is 430 g/mol. The van der Waals surface area contributed by atoms with Crippen molar-refractivity contribution in [3.05, 3.63) is 29.5 Å². The van der Waals surface area contributed by atoms with Crippen molar-refractivity contribution >= 4 is 17.0 Å². The van der Waals surface area contributed by atoms with Gasteiger partial charge in [0.05, 0.1) is 23.9 Å². The number of hydrogen-bond donors (Lipinski definition) is 1. The van der Waals surface area contributed by atoms with Crippen LogP contribution in [0.15, 0.2) is 18.3 Å². The van der Waals surface area contributed by atoms with Crippen LogP contribution < -0.4 is 0 Å². The van der Waals surface area contributed by atoms with Crippen LogP contribution in [0.3, 0.4) is 0 Å². The lowest BCUT2D eigenvalue weighted by Crippen LogP contribution is -2.53. The summed E-state index contributed by atoms with van der Waals surface area (Å²) in [7, 11) is 0. The molecule has 3 atom stereocenters. The molecule has 2 aliphatic heterocycles. The van der Waals surface area contributed by atoms with Crippen molar-refractivity contribution in [1.29, 1.82) is 0 Å². The number of carbonyl (C=O) groups is 1. The summed E-state index contributed by atoms with van der Waals surface area (Å²) >= 11 is 0. The molecule has 0 bridgehead atoms. The highest BCUT2D eigenvalue weighted by Crippen LogP contribution is 2.40.